The summed E-state index contributed by atoms with van der Waals surface area (Å²) in [5.74, 6) is 2.17. The van der Waals surface area contributed by atoms with Gasteiger partial charge in [0.25, 0.3) is 0 Å². The Bertz CT molecular complexity index is 1050. The number of thioether (sulfide) groups is 1. The first kappa shape index (κ1) is 24.6. The van der Waals surface area contributed by atoms with Gasteiger partial charge in [-0.3, -0.25) is 9.36 Å². The van der Waals surface area contributed by atoms with Gasteiger partial charge in [-0.25, -0.2) is 0 Å². The Kier molecular flexibility index (Phi) is 9.02. The molecule has 0 aliphatic carbocycles. The molecule has 1 aromatic heterocycles. The third-order valence-electron chi connectivity index (χ3n) is 4.84. The molecule has 0 saturated carbocycles. The first-order chi connectivity index (χ1) is 15.3. The highest BCUT2D eigenvalue weighted by atomic mass is 35.5. The van der Waals surface area contributed by atoms with Crippen molar-refractivity contribution >= 4 is 40.9 Å². The number of benzene rings is 2. The van der Waals surface area contributed by atoms with Crippen LogP contribution in [0.2, 0.25) is 10.0 Å². The van der Waals surface area contributed by atoms with Gasteiger partial charge < -0.3 is 5.32 Å². The molecule has 1 heterocycles. The number of aromatic nitrogens is 3. The molecule has 0 atom stereocenters. The van der Waals surface area contributed by atoms with Crippen molar-refractivity contribution in [2.45, 2.75) is 45.2 Å². The molecule has 0 fully saturated rings. The van der Waals surface area contributed by atoms with E-state index in [4.69, 9.17) is 23.2 Å². The second kappa shape index (κ2) is 11.7. The van der Waals surface area contributed by atoms with Crippen LogP contribution in [-0.4, -0.2) is 33.0 Å². The van der Waals surface area contributed by atoms with Crippen LogP contribution in [0.3, 0.4) is 0 Å². The van der Waals surface area contributed by atoms with E-state index in [2.05, 4.69) is 48.4 Å². The zero-order valence-corrected chi connectivity index (χ0v) is 20.9. The largest absolute Gasteiger partial charge is 0.356 e. The summed E-state index contributed by atoms with van der Waals surface area (Å²) in [4.78, 5) is 11.9. The number of unbranched alkanes of at least 4 members (excludes halogenated alkanes) is 1. The number of carbonyl (C=O) groups is 1. The summed E-state index contributed by atoms with van der Waals surface area (Å²) in [6.07, 6.45) is 2.29. The second-order valence-corrected chi connectivity index (χ2v) is 9.99. The highest BCUT2D eigenvalue weighted by Crippen LogP contribution is 2.31. The van der Waals surface area contributed by atoms with Gasteiger partial charge >= 0.3 is 0 Å². The normalized spacial score (nSPS) is 11.2. The quantitative estimate of drug-likeness (QED) is 0.257. The van der Waals surface area contributed by atoms with Gasteiger partial charge in [-0.05, 0) is 43.9 Å². The lowest BCUT2D eigenvalue weighted by molar-refractivity contribution is -0.121. The highest BCUT2D eigenvalue weighted by Gasteiger charge is 2.17. The fourth-order valence-corrected chi connectivity index (χ4v) is 4.31. The van der Waals surface area contributed by atoms with Gasteiger partial charge in [-0.1, -0.05) is 78.6 Å². The molecule has 3 aromatic rings. The molecule has 0 unspecified atom stereocenters. The van der Waals surface area contributed by atoms with E-state index in [1.165, 1.54) is 5.56 Å². The number of rotatable bonds is 10. The lowest BCUT2D eigenvalue weighted by atomic mass is 10.1. The van der Waals surface area contributed by atoms with E-state index in [-0.39, 0.29) is 5.91 Å². The first-order valence-corrected chi connectivity index (χ1v) is 12.5. The number of amides is 1. The SMILES string of the molecule is Cc1ccc(-c2nnc(SCCCCC(=O)NCC(C)C)n2-c2ccc(Cl)c(Cl)c2)cc1. The molecule has 32 heavy (non-hydrogen) atoms. The van der Waals surface area contributed by atoms with Gasteiger partial charge in [-0.15, -0.1) is 10.2 Å². The Hall–Kier alpha value is -2.02. The van der Waals surface area contributed by atoms with Crippen LogP contribution in [0.1, 0.15) is 38.7 Å². The van der Waals surface area contributed by atoms with Crippen molar-refractivity contribution in [3.63, 3.8) is 0 Å². The molecular weight excluding hydrogens is 463 g/mol. The zero-order valence-electron chi connectivity index (χ0n) is 18.6. The monoisotopic (exact) mass is 490 g/mol. The van der Waals surface area contributed by atoms with Gasteiger partial charge in [0.05, 0.1) is 15.7 Å². The minimum Gasteiger partial charge on any atom is -0.356 e. The number of hydrogen-bond donors (Lipinski definition) is 1. The molecule has 0 aliphatic heterocycles. The predicted molar refractivity (Wildman–Crippen MR) is 134 cm³/mol. The standard InChI is InChI=1S/C24H28Cl2N4OS/c1-16(2)15-27-22(31)6-4-5-13-32-24-29-28-23(18-9-7-17(3)8-10-18)30(24)19-11-12-20(25)21(26)14-19/h7-12,14,16H,4-6,13,15H2,1-3H3,(H,27,31). The summed E-state index contributed by atoms with van der Waals surface area (Å²) in [6, 6.07) is 13.7. The van der Waals surface area contributed by atoms with Crippen LogP contribution < -0.4 is 5.32 Å². The average Bonchev–Trinajstić information content (AvgIpc) is 3.18. The molecule has 3 rings (SSSR count). The minimum atomic E-state index is 0.115. The number of aryl methyl sites for hydroxylation is 1. The zero-order chi connectivity index (χ0) is 23.1. The summed E-state index contributed by atoms with van der Waals surface area (Å²) in [6.45, 7) is 6.96. The number of nitrogens with one attached hydrogen (secondary N) is 1. The smallest absolute Gasteiger partial charge is 0.220 e. The molecule has 1 amide bonds. The van der Waals surface area contributed by atoms with Gasteiger partial charge in [-0.2, -0.15) is 0 Å². The van der Waals surface area contributed by atoms with E-state index in [1.54, 1.807) is 17.8 Å². The Labute approximate surface area is 203 Å². The van der Waals surface area contributed by atoms with Crippen LogP contribution >= 0.6 is 35.0 Å². The predicted octanol–water partition coefficient (Wildman–Crippen LogP) is 6.58. The van der Waals surface area contributed by atoms with Crippen molar-refractivity contribution in [3.05, 3.63) is 58.1 Å². The number of hydrogen-bond acceptors (Lipinski definition) is 4. The summed E-state index contributed by atoms with van der Waals surface area (Å²) in [5, 5.41) is 13.6. The molecule has 1 N–H and O–H groups in total. The van der Waals surface area contributed by atoms with Gasteiger partial charge in [0, 0.05) is 24.3 Å². The Morgan fingerprint density at radius 1 is 1.06 bits per heavy atom. The van der Waals surface area contributed by atoms with Gasteiger partial charge in [0.1, 0.15) is 0 Å². The topological polar surface area (TPSA) is 59.8 Å². The fourth-order valence-electron chi connectivity index (χ4n) is 3.07. The minimum absolute atomic E-state index is 0.115. The first-order valence-electron chi connectivity index (χ1n) is 10.7. The van der Waals surface area contributed by atoms with Crippen LogP contribution in [0, 0.1) is 12.8 Å². The average molecular weight is 491 g/mol. The molecule has 170 valence electrons. The van der Waals surface area contributed by atoms with Gasteiger partial charge in [0.15, 0.2) is 11.0 Å². The van der Waals surface area contributed by atoms with Crippen molar-refractivity contribution in [3.8, 4) is 17.1 Å². The Morgan fingerprint density at radius 3 is 2.50 bits per heavy atom. The lowest BCUT2D eigenvalue weighted by Crippen LogP contribution is -2.26. The van der Waals surface area contributed by atoms with Crippen LogP contribution in [0.25, 0.3) is 17.1 Å². The van der Waals surface area contributed by atoms with Crippen molar-refractivity contribution in [2.24, 2.45) is 5.92 Å². The molecule has 5 nitrogen and oxygen atoms in total. The molecule has 0 radical (unpaired) electrons. The van der Waals surface area contributed by atoms with Crippen LogP contribution in [0.15, 0.2) is 47.6 Å². The Balaban J connectivity index is 1.72. The molecule has 0 saturated heterocycles. The Morgan fingerprint density at radius 2 is 1.81 bits per heavy atom. The van der Waals surface area contributed by atoms with E-state index in [1.807, 2.05) is 28.8 Å². The third-order valence-corrected chi connectivity index (χ3v) is 6.60. The second-order valence-electron chi connectivity index (χ2n) is 8.11. The number of halogens is 2. The molecule has 8 heteroatoms. The van der Waals surface area contributed by atoms with Crippen molar-refractivity contribution in [1.29, 1.82) is 0 Å². The maximum Gasteiger partial charge on any atom is 0.220 e. The van der Waals surface area contributed by atoms with E-state index >= 15 is 0 Å². The van der Waals surface area contributed by atoms with Crippen molar-refractivity contribution < 1.29 is 4.79 Å². The maximum atomic E-state index is 11.9. The van der Waals surface area contributed by atoms with E-state index < -0.39 is 0 Å². The fraction of sp³-hybridized carbons (Fsp3) is 0.375. The summed E-state index contributed by atoms with van der Waals surface area (Å²) in [5.41, 5.74) is 3.01. The summed E-state index contributed by atoms with van der Waals surface area (Å²) in [7, 11) is 0. The van der Waals surface area contributed by atoms with Crippen LogP contribution in [0.5, 0.6) is 0 Å². The van der Waals surface area contributed by atoms with E-state index in [0.29, 0.717) is 22.4 Å². The molecule has 2 aromatic carbocycles. The summed E-state index contributed by atoms with van der Waals surface area (Å²) < 4.78 is 2.01. The third kappa shape index (κ3) is 6.74. The van der Waals surface area contributed by atoms with E-state index in [9.17, 15) is 4.79 Å². The van der Waals surface area contributed by atoms with Gasteiger partial charge in [0.2, 0.25) is 5.91 Å². The molecular formula is C24H28Cl2N4OS. The maximum absolute atomic E-state index is 11.9. The summed E-state index contributed by atoms with van der Waals surface area (Å²) >= 11 is 14.0. The molecule has 0 spiro atoms. The lowest BCUT2D eigenvalue weighted by Gasteiger charge is -2.11. The van der Waals surface area contributed by atoms with Crippen molar-refractivity contribution in [1.82, 2.24) is 20.1 Å². The van der Waals surface area contributed by atoms with Crippen LogP contribution in [-0.2, 0) is 4.79 Å². The number of nitrogens with zero attached hydrogens (tertiary/aromatic N) is 3. The highest BCUT2D eigenvalue weighted by molar-refractivity contribution is 7.99. The van der Waals surface area contributed by atoms with Crippen molar-refractivity contribution in [2.75, 3.05) is 12.3 Å². The number of carbonyl (C=O) groups excluding carboxylic acids is 1. The molecule has 0 bridgehead atoms. The molecule has 0 aliphatic rings. The van der Waals surface area contributed by atoms with Crippen LogP contribution in [0.4, 0.5) is 0 Å². The van der Waals surface area contributed by atoms with E-state index in [0.717, 1.165) is 47.4 Å².